The average molecular weight is 339 g/mol. The minimum Gasteiger partial charge on any atom is -0.496 e. The Morgan fingerprint density at radius 1 is 1.17 bits per heavy atom. The zero-order valence-electron chi connectivity index (χ0n) is 13.7. The zero-order chi connectivity index (χ0) is 16.9. The largest absolute Gasteiger partial charge is 0.496 e. The number of pyridine rings is 1. The molecule has 3 rings (SSSR count). The van der Waals surface area contributed by atoms with Crippen molar-refractivity contribution in [3.05, 3.63) is 53.9 Å². The van der Waals surface area contributed by atoms with Crippen LogP contribution in [0, 0.1) is 0 Å². The summed E-state index contributed by atoms with van der Waals surface area (Å²) in [5.41, 5.74) is 9.95. The number of nitrogens with one attached hydrogen (secondary N) is 1. The summed E-state index contributed by atoms with van der Waals surface area (Å²) in [7, 11) is 1.68. The SMILES string of the molecule is COc1ccc(N)cc1CCC(=S)CCc1ccnc2[nH]ccc12. The number of aromatic amines is 1. The predicted molar refractivity (Wildman–Crippen MR) is 103 cm³/mol. The van der Waals surface area contributed by atoms with E-state index in [2.05, 4.69) is 22.1 Å². The molecule has 2 heterocycles. The van der Waals surface area contributed by atoms with Gasteiger partial charge in [-0.25, -0.2) is 4.98 Å². The van der Waals surface area contributed by atoms with Crippen LogP contribution in [0.4, 0.5) is 5.69 Å². The van der Waals surface area contributed by atoms with Gasteiger partial charge in [0.2, 0.25) is 0 Å². The van der Waals surface area contributed by atoms with E-state index in [0.29, 0.717) is 0 Å². The van der Waals surface area contributed by atoms with Gasteiger partial charge in [0.1, 0.15) is 11.4 Å². The molecule has 0 radical (unpaired) electrons. The lowest BCUT2D eigenvalue weighted by atomic mass is 10.0. The number of hydrogen-bond donors (Lipinski definition) is 2. The maximum Gasteiger partial charge on any atom is 0.137 e. The molecule has 0 unspecified atom stereocenters. The Balaban J connectivity index is 1.58. The molecule has 0 saturated heterocycles. The van der Waals surface area contributed by atoms with Crippen LogP contribution in [0.5, 0.6) is 5.75 Å². The van der Waals surface area contributed by atoms with Crippen LogP contribution in [0.3, 0.4) is 0 Å². The number of aryl methyl sites for hydroxylation is 2. The van der Waals surface area contributed by atoms with Gasteiger partial charge < -0.3 is 15.5 Å². The van der Waals surface area contributed by atoms with Gasteiger partial charge >= 0.3 is 0 Å². The molecule has 3 aromatic rings. The van der Waals surface area contributed by atoms with E-state index in [9.17, 15) is 0 Å². The predicted octanol–water partition coefficient (Wildman–Crippen LogP) is 4.09. The van der Waals surface area contributed by atoms with Crippen LogP contribution in [0.2, 0.25) is 0 Å². The van der Waals surface area contributed by atoms with Crippen LogP contribution in [0.15, 0.2) is 42.7 Å². The quantitative estimate of drug-likeness (QED) is 0.503. The number of benzene rings is 1. The van der Waals surface area contributed by atoms with E-state index in [1.807, 2.05) is 30.6 Å². The summed E-state index contributed by atoms with van der Waals surface area (Å²) in [4.78, 5) is 8.53. The number of fused-ring (bicyclic) bond motifs is 1. The zero-order valence-corrected chi connectivity index (χ0v) is 14.5. The summed E-state index contributed by atoms with van der Waals surface area (Å²) in [6.07, 6.45) is 7.30. The van der Waals surface area contributed by atoms with Gasteiger partial charge in [-0.2, -0.15) is 0 Å². The van der Waals surface area contributed by atoms with Crippen molar-refractivity contribution in [2.24, 2.45) is 0 Å². The smallest absolute Gasteiger partial charge is 0.137 e. The summed E-state index contributed by atoms with van der Waals surface area (Å²) < 4.78 is 5.39. The number of methoxy groups -OCH3 is 1. The second-order valence-electron chi connectivity index (χ2n) is 5.82. The fourth-order valence-corrected chi connectivity index (χ4v) is 3.11. The van der Waals surface area contributed by atoms with Gasteiger partial charge in [0.25, 0.3) is 0 Å². The highest BCUT2D eigenvalue weighted by atomic mass is 32.1. The number of ether oxygens (including phenoxy) is 1. The molecule has 0 aliphatic heterocycles. The standard InChI is InChI=1S/C19H21N3OS/c1-23-18-7-4-15(20)12-14(18)3-6-16(24)5-2-13-8-10-21-19-17(13)9-11-22-19/h4,7-12H,2-3,5-6,20H2,1H3,(H,21,22). The number of anilines is 1. The first-order chi connectivity index (χ1) is 11.7. The first-order valence-electron chi connectivity index (χ1n) is 8.02. The maximum absolute atomic E-state index is 5.87. The Morgan fingerprint density at radius 2 is 1.96 bits per heavy atom. The van der Waals surface area contributed by atoms with Crippen LogP contribution in [0.1, 0.15) is 24.0 Å². The molecule has 3 N–H and O–H groups in total. The summed E-state index contributed by atoms with van der Waals surface area (Å²) in [6, 6.07) is 9.87. The van der Waals surface area contributed by atoms with E-state index in [0.717, 1.165) is 53.2 Å². The summed E-state index contributed by atoms with van der Waals surface area (Å²) in [6.45, 7) is 0. The molecule has 5 heteroatoms. The third kappa shape index (κ3) is 3.74. The van der Waals surface area contributed by atoms with Gasteiger partial charge in [0.15, 0.2) is 0 Å². The van der Waals surface area contributed by atoms with Gasteiger partial charge in [0, 0.05) is 23.5 Å². The van der Waals surface area contributed by atoms with Crippen LogP contribution >= 0.6 is 12.2 Å². The van der Waals surface area contributed by atoms with E-state index >= 15 is 0 Å². The fourth-order valence-electron chi connectivity index (χ4n) is 2.90. The van der Waals surface area contributed by atoms with Crippen LogP contribution in [-0.4, -0.2) is 21.9 Å². The van der Waals surface area contributed by atoms with Crippen molar-refractivity contribution < 1.29 is 4.74 Å². The molecular weight excluding hydrogens is 318 g/mol. The molecule has 124 valence electrons. The maximum atomic E-state index is 5.87. The molecule has 0 fully saturated rings. The molecule has 0 atom stereocenters. The second kappa shape index (κ2) is 7.45. The number of nitrogens with two attached hydrogens (primary N) is 1. The lowest BCUT2D eigenvalue weighted by Gasteiger charge is -2.10. The Labute approximate surface area is 147 Å². The van der Waals surface area contributed by atoms with Crippen LogP contribution in [0.25, 0.3) is 11.0 Å². The normalized spacial score (nSPS) is 10.9. The highest BCUT2D eigenvalue weighted by Crippen LogP contribution is 2.23. The van der Waals surface area contributed by atoms with Crippen LogP contribution in [-0.2, 0) is 12.8 Å². The van der Waals surface area contributed by atoms with Crippen molar-refractivity contribution in [2.45, 2.75) is 25.7 Å². The van der Waals surface area contributed by atoms with Gasteiger partial charge in [-0.1, -0.05) is 12.2 Å². The number of H-pyrrole nitrogens is 1. The topological polar surface area (TPSA) is 63.9 Å². The monoisotopic (exact) mass is 339 g/mol. The molecule has 0 saturated carbocycles. The number of hydrogen-bond acceptors (Lipinski definition) is 4. The number of nitrogen functional groups attached to an aromatic ring is 1. The summed E-state index contributed by atoms with van der Waals surface area (Å²) in [5, 5.41) is 1.18. The molecule has 2 aromatic heterocycles. The van der Waals surface area contributed by atoms with Gasteiger partial charge in [-0.05, 0) is 72.0 Å². The van der Waals surface area contributed by atoms with E-state index in [1.165, 1.54) is 10.9 Å². The second-order valence-corrected chi connectivity index (χ2v) is 6.40. The molecule has 4 nitrogen and oxygen atoms in total. The van der Waals surface area contributed by atoms with Crippen molar-refractivity contribution in [2.75, 3.05) is 12.8 Å². The molecule has 0 aliphatic carbocycles. The molecule has 0 bridgehead atoms. The lowest BCUT2D eigenvalue weighted by Crippen LogP contribution is -2.02. The lowest BCUT2D eigenvalue weighted by molar-refractivity contribution is 0.410. The third-order valence-corrected chi connectivity index (χ3v) is 4.61. The Bertz CT molecular complexity index is 857. The number of aromatic nitrogens is 2. The van der Waals surface area contributed by atoms with E-state index in [-0.39, 0.29) is 0 Å². The van der Waals surface area contributed by atoms with Gasteiger partial charge in [-0.15, -0.1) is 0 Å². The van der Waals surface area contributed by atoms with Crippen molar-refractivity contribution >= 4 is 33.8 Å². The minimum absolute atomic E-state index is 0.753. The fraction of sp³-hybridized carbons (Fsp3) is 0.263. The van der Waals surface area contributed by atoms with Crippen LogP contribution < -0.4 is 10.5 Å². The van der Waals surface area contributed by atoms with E-state index in [1.54, 1.807) is 7.11 Å². The van der Waals surface area contributed by atoms with E-state index < -0.39 is 0 Å². The average Bonchev–Trinajstić information content (AvgIpc) is 3.07. The Hall–Kier alpha value is -2.40. The molecule has 0 amide bonds. The third-order valence-electron chi connectivity index (χ3n) is 4.20. The number of nitrogens with zero attached hydrogens (tertiary/aromatic N) is 1. The summed E-state index contributed by atoms with van der Waals surface area (Å²) in [5.74, 6) is 0.871. The molecule has 0 aliphatic rings. The molecular formula is C19H21N3OS. The van der Waals surface area contributed by atoms with Crippen molar-refractivity contribution in [1.82, 2.24) is 9.97 Å². The Morgan fingerprint density at radius 3 is 2.75 bits per heavy atom. The van der Waals surface area contributed by atoms with Gasteiger partial charge in [-0.3, -0.25) is 0 Å². The van der Waals surface area contributed by atoms with Crippen molar-refractivity contribution in [3.8, 4) is 5.75 Å². The minimum atomic E-state index is 0.753. The highest BCUT2D eigenvalue weighted by Gasteiger charge is 2.07. The van der Waals surface area contributed by atoms with E-state index in [4.69, 9.17) is 22.7 Å². The molecule has 1 aromatic carbocycles. The summed E-state index contributed by atoms with van der Waals surface area (Å²) >= 11 is 5.57. The highest BCUT2D eigenvalue weighted by molar-refractivity contribution is 7.80. The first kappa shape index (κ1) is 16.5. The van der Waals surface area contributed by atoms with Gasteiger partial charge in [0.05, 0.1) is 7.11 Å². The van der Waals surface area contributed by atoms with Crippen molar-refractivity contribution in [3.63, 3.8) is 0 Å². The van der Waals surface area contributed by atoms with Crippen molar-refractivity contribution in [1.29, 1.82) is 0 Å². The number of rotatable bonds is 7. The number of thiocarbonyl (C=S) groups is 1. The molecule has 24 heavy (non-hydrogen) atoms. The Kier molecular flexibility index (Phi) is 5.11. The molecule has 0 spiro atoms. The first-order valence-corrected chi connectivity index (χ1v) is 8.43.